The maximum Gasteiger partial charge on any atom is 0.324 e. The summed E-state index contributed by atoms with van der Waals surface area (Å²) in [5.74, 6) is -0.264. The Morgan fingerprint density at radius 3 is 2.56 bits per heavy atom. The van der Waals surface area contributed by atoms with Gasteiger partial charge in [-0.25, -0.2) is 4.79 Å². The second kappa shape index (κ2) is 9.66. The van der Waals surface area contributed by atoms with Gasteiger partial charge in [0.2, 0.25) is 0 Å². The molecule has 3 aromatic carbocycles. The first-order chi connectivity index (χ1) is 15.5. The molecule has 1 aliphatic rings. The number of amides is 3. The molecule has 6 heteroatoms. The van der Waals surface area contributed by atoms with E-state index in [4.69, 9.17) is 0 Å². The van der Waals surface area contributed by atoms with Gasteiger partial charge in [0.15, 0.2) is 0 Å². The van der Waals surface area contributed by atoms with E-state index in [1.807, 2.05) is 47.4 Å². The van der Waals surface area contributed by atoms with E-state index in [2.05, 4.69) is 5.32 Å². The lowest BCUT2D eigenvalue weighted by atomic mass is 10.1. The summed E-state index contributed by atoms with van der Waals surface area (Å²) in [6, 6.07) is 24.2. The molecule has 1 saturated heterocycles. The van der Waals surface area contributed by atoms with Crippen LogP contribution in [-0.4, -0.2) is 35.0 Å². The molecule has 164 valence electrons. The lowest BCUT2D eigenvalue weighted by Gasteiger charge is -2.35. The van der Waals surface area contributed by atoms with E-state index in [1.165, 1.54) is 0 Å². The molecule has 6 nitrogen and oxygen atoms in total. The van der Waals surface area contributed by atoms with Crippen LogP contribution in [0.5, 0.6) is 0 Å². The number of benzene rings is 3. The molecular formula is C26H27N3O3. The normalized spacial score (nSPS) is 14.9. The first-order valence-electron chi connectivity index (χ1n) is 10.8. The van der Waals surface area contributed by atoms with Gasteiger partial charge in [-0.2, -0.15) is 0 Å². The maximum atomic E-state index is 13.1. The van der Waals surface area contributed by atoms with Crippen molar-refractivity contribution >= 4 is 23.3 Å². The quantitative estimate of drug-likeness (QED) is 0.590. The van der Waals surface area contributed by atoms with Gasteiger partial charge in [-0.15, -0.1) is 0 Å². The van der Waals surface area contributed by atoms with Gasteiger partial charge in [0, 0.05) is 36.6 Å². The molecule has 1 heterocycles. The number of urea groups is 1. The van der Waals surface area contributed by atoms with Gasteiger partial charge in [0.25, 0.3) is 5.91 Å². The molecule has 0 unspecified atom stereocenters. The Kier molecular flexibility index (Phi) is 6.52. The number of rotatable bonds is 6. The summed E-state index contributed by atoms with van der Waals surface area (Å²) >= 11 is 0. The van der Waals surface area contributed by atoms with Gasteiger partial charge in [-0.05, 0) is 54.8 Å². The van der Waals surface area contributed by atoms with Crippen molar-refractivity contribution in [1.29, 1.82) is 0 Å². The summed E-state index contributed by atoms with van der Waals surface area (Å²) in [4.78, 5) is 29.5. The second-order valence-electron chi connectivity index (χ2n) is 8.00. The number of nitrogens with one attached hydrogen (secondary N) is 1. The molecule has 2 N–H and O–H groups in total. The summed E-state index contributed by atoms with van der Waals surface area (Å²) < 4.78 is 0. The zero-order valence-electron chi connectivity index (χ0n) is 18.1. The van der Waals surface area contributed by atoms with Gasteiger partial charge < -0.3 is 15.3 Å². The van der Waals surface area contributed by atoms with E-state index >= 15 is 0 Å². The van der Waals surface area contributed by atoms with Gasteiger partial charge in [0.1, 0.15) is 0 Å². The molecule has 0 bridgehead atoms. The Balaban J connectivity index is 1.49. The van der Waals surface area contributed by atoms with E-state index in [0.717, 1.165) is 17.5 Å². The van der Waals surface area contributed by atoms with Crippen molar-refractivity contribution < 1.29 is 14.7 Å². The minimum absolute atomic E-state index is 0.0534. The number of aliphatic hydroxyl groups is 1. The van der Waals surface area contributed by atoms with Crippen LogP contribution in [-0.2, 0) is 6.54 Å². The third kappa shape index (κ3) is 4.98. The van der Waals surface area contributed by atoms with Crippen LogP contribution >= 0.6 is 0 Å². The first-order valence-corrected chi connectivity index (χ1v) is 10.8. The fourth-order valence-electron chi connectivity index (χ4n) is 3.87. The topological polar surface area (TPSA) is 72.9 Å². The Morgan fingerprint density at radius 2 is 1.78 bits per heavy atom. The zero-order valence-corrected chi connectivity index (χ0v) is 18.1. The number of hydrogen-bond acceptors (Lipinski definition) is 3. The van der Waals surface area contributed by atoms with Crippen molar-refractivity contribution in [3.63, 3.8) is 0 Å². The van der Waals surface area contributed by atoms with Crippen molar-refractivity contribution in [3.05, 3.63) is 95.6 Å². The molecule has 0 spiro atoms. The molecule has 4 rings (SSSR count). The highest BCUT2D eigenvalue weighted by Crippen LogP contribution is 2.24. The molecule has 1 fully saturated rings. The molecule has 1 aliphatic heterocycles. The van der Waals surface area contributed by atoms with E-state index in [1.54, 1.807) is 48.2 Å². The molecule has 1 atom stereocenters. The molecule has 0 aromatic heterocycles. The van der Waals surface area contributed by atoms with Crippen LogP contribution in [0.1, 0.15) is 40.9 Å². The van der Waals surface area contributed by atoms with Crippen molar-refractivity contribution in [2.24, 2.45) is 0 Å². The average Bonchev–Trinajstić information content (AvgIpc) is 2.81. The smallest absolute Gasteiger partial charge is 0.324 e. The average molecular weight is 430 g/mol. The Morgan fingerprint density at radius 1 is 1.00 bits per heavy atom. The van der Waals surface area contributed by atoms with E-state index in [-0.39, 0.29) is 11.9 Å². The molecule has 0 aliphatic carbocycles. The maximum absolute atomic E-state index is 13.1. The SMILES string of the molecule is C[C@H](O)c1cccc(NC(=O)c2cccc(N3CCCN(Cc4ccccc4)C3=O)c2)c1. The van der Waals surface area contributed by atoms with Crippen molar-refractivity contribution in [2.75, 3.05) is 23.3 Å². The van der Waals surface area contributed by atoms with Gasteiger partial charge >= 0.3 is 6.03 Å². The number of aliphatic hydroxyl groups excluding tert-OH is 1. The fourth-order valence-corrected chi connectivity index (χ4v) is 3.87. The van der Waals surface area contributed by atoms with Crippen LogP contribution in [0.4, 0.5) is 16.2 Å². The van der Waals surface area contributed by atoms with Crippen molar-refractivity contribution in [2.45, 2.75) is 26.0 Å². The number of nitrogens with zero attached hydrogens (tertiary/aromatic N) is 2. The minimum atomic E-state index is -0.612. The Labute approximate surface area is 188 Å². The van der Waals surface area contributed by atoms with Crippen LogP contribution in [0.2, 0.25) is 0 Å². The first kappa shape index (κ1) is 21.6. The summed E-state index contributed by atoms with van der Waals surface area (Å²) in [6.45, 7) is 3.58. The number of anilines is 2. The number of hydrogen-bond donors (Lipinski definition) is 2. The Hall–Kier alpha value is -3.64. The monoisotopic (exact) mass is 429 g/mol. The molecule has 3 amide bonds. The predicted octanol–water partition coefficient (Wildman–Crippen LogP) is 4.82. The largest absolute Gasteiger partial charge is 0.389 e. The van der Waals surface area contributed by atoms with E-state index in [0.29, 0.717) is 36.6 Å². The highest BCUT2D eigenvalue weighted by molar-refractivity contribution is 6.05. The highest BCUT2D eigenvalue weighted by atomic mass is 16.3. The van der Waals surface area contributed by atoms with E-state index < -0.39 is 6.10 Å². The third-order valence-electron chi connectivity index (χ3n) is 5.57. The summed E-state index contributed by atoms with van der Waals surface area (Å²) in [5, 5.41) is 12.6. The van der Waals surface area contributed by atoms with Gasteiger partial charge in [0.05, 0.1) is 6.10 Å². The molecule has 0 radical (unpaired) electrons. The zero-order chi connectivity index (χ0) is 22.5. The fraction of sp³-hybridized carbons (Fsp3) is 0.231. The molecule has 0 saturated carbocycles. The van der Waals surface area contributed by atoms with Crippen molar-refractivity contribution in [3.8, 4) is 0 Å². The summed E-state index contributed by atoms with van der Waals surface area (Å²) in [7, 11) is 0. The van der Waals surface area contributed by atoms with Crippen LogP contribution < -0.4 is 10.2 Å². The number of carbonyl (C=O) groups is 2. The molecule has 32 heavy (non-hydrogen) atoms. The third-order valence-corrected chi connectivity index (χ3v) is 5.57. The lowest BCUT2D eigenvalue weighted by molar-refractivity contribution is 0.102. The van der Waals surface area contributed by atoms with Crippen LogP contribution in [0.15, 0.2) is 78.9 Å². The van der Waals surface area contributed by atoms with Crippen molar-refractivity contribution in [1.82, 2.24) is 4.90 Å². The van der Waals surface area contributed by atoms with E-state index in [9.17, 15) is 14.7 Å². The summed E-state index contributed by atoms with van der Waals surface area (Å²) in [6.07, 6.45) is 0.250. The second-order valence-corrected chi connectivity index (χ2v) is 8.00. The van der Waals surface area contributed by atoms with Crippen LogP contribution in [0.25, 0.3) is 0 Å². The van der Waals surface area contributed by atoms with Gasteiger partial charge in [-0.3, -0.25) is 9.69 Å². The van der Waals surface area contributed by atoms with Gasteiger partial charge in [-0.1, -0.05) is 48.5 Å². The highest BCUT2D eigenvalue weighted by Gasteiger charge is 2.27. The lowest BCUT2D eigenvalue weighted by Crippen LogP contribution is -2.49. The minimum Gasteiger partial charge on any atom is -0.389 e. The number of carbonyl (C=O) groups excluding carboxylic acids is 2. The molecular weight excluding hydrogens is 402 g/mol. The molecule has 3 aromatic rings. The Bertz CT molecular complexity index is 1100. The predicted molar refractivity (Wildman–Crippen MR) is 126 cm³/mol. The summed E-state index contributed by atoms with van der Waals surface area (Å²) in [5.41, 5.74) is 3.61. The van der Waals surface area contributed by atoms with Crippen LogP contribution in [0, 0.1) is 0 Å². The van der Waals surface area contributed by atoms with Crippen LogP contribution in [0.3, 0.4) is 0 Å². The standard InChI is InChI=1S/C26H27N3O3/c1-19(30)21-10-5-12-23(16-21)27-25(31)22-11-6-13-24(17-22)29-15-7-14-28(26(29)32)18-20-8-3-2-4-9-20/h2-6,8-13,16-17,19,30H,7,14-15,18H2,1H3,(H,27,31)/t19-/m0/s1.